The summed E-state index contributed by atoms with van der Waals surface area (Å²) in [5.74, 6) is 0. The zero-order valence-corrected chi connectivity index (χ0v) is 8.36. The molecule has 0 aliphatic heterocycles. The van der Waals surface area contributed by atoms with Crippen LogP contribution in [0.15, 0.2) is 24.3 Å². The van der Waals surface area contributed by atoms with Gasteiger partial charge in [0, 0.05) is 33.4 Å². The van der Waals surface area contributed by atoms with Crippen LogP contribution in [-0.4, -0.2) is 31.4 Å². The van der Waals surface area contributed by atoms with Crippen molar-refractivity contribution in [2.75, 3.05) is 26.0 Å². The molecular weight excluding hydrogens is 164 g/mol. The van der Waals surface area contributed by atoms with Crippen LogP contribution in [0, 0.1) is 0 Å². The van der Waals surface area contributed by atoms with E-state index in [1.165, 1.54) is 10.8 Å². The molecule has 0 aliphatic carbocycles. The van der Waals surface area contributed by atoms with Crippen molar-refractivity contribution in [3.05, 3.63) is 29.8 Å². The maximum Gasteiger partial charge on any atom is 0.0485 e. The molecule has 1 aromatic carbocycles. The highest BCUT2D eigenvalue weighted by Crippen LogP contribution is 2.12. The molecule has 1 aromatic rings. The first-order valence-electron chi connectivity index (χ1n) is 4.26. The standard InChI is InChI=1S/C10H16N2O/c1-11(2)10-6-4-9(5-7-10)8-12(3)13/h4-7,13H,8H2,1-3H3. The van der Waals surface area contributed by atoms with Crippen molar-refractivity contribution >= 4 is 5.69 Å². The summed E-state index contributed by atoms with van der Waals surface area (Å²) < 4.78 is 0. The Labute approximate surface area is 79.2 Å². The van der Waals surface area contributed by atoms with Gasteiger partial charge in [-0.3, -0.25) is 0 Å². The van der Waals surface area contributed by atoms with Gasteiger partial charge in [0.05, 0.1) is 0 Å². The molecule has 13 heavy (non-hydrogen) atoms. The van der Waals surface area contributed by atoms with E-state index in [0.29, 0.717) is 6.54 Å². The van der Waals surface area contributed by atoms with Crippen molar-refractivity contribution in [3.8, 4) is 0 Å². The summed E-state index contributed by atoms with van der Waals surface area (Å²) in [6.07, 6.45) is 0. The van der Waals surface area contributed by atoms with Crippen LogP contribution in [0.25, 0.3) is 0 Å². The normalized spacial score (nSPS) is 10.5. The molecule has 0 amide bonds. The Bertz CT molecular complexity index is 254. The smallest absolute Gasteiger partial charge is 0.0485 e. The molecule has 72 valence electrons. The lowest BCUT2D eigenvalue weighted by Crippen LogP contribution is -2.12. The van der Waals surface area contributed by atoms with Crippen LogP contribution in [0.4, 0.5) is 5.69 Å². The van der Waals surface area contributed by atoms with Crippen LogP contribution in [-0.2, 0) is 6.54 Å². The summed E-state index contributed by atoms with van der Waals surface area (Å²) in [6, 6.07) is 8.11. The van der Waals surface area contributed by atoms with E-state index in [9.17, 15) is 0 Å². The molecule has 0 fully saturated rings. The summed E-state index contributed by atoms with van der Waals surface area (Å²) in [6.45, 7) is 0.563. The zero-order chi connectivity index (χ0) is 9.84. The van der Waals surface area contributed by atoms with Crippen LogP contribution in [0.1, 0.15) is 5.56 Å². The van der Waals surface area contributed by atoms with Gasteiger partial charge in [0.2, 0.25) is 0 Å². The van der Waals surface area contributed by atoms with Crippen molar-refractivity contribution in [3.63, 3.8) is 0 Å². The van der Waals surface area contributed by atoms with Crippen molar-refractivity contribution in [1.29, 1.82) is 0 Å². The predicted molar refractivity (Wildman–Crippen MR) is 54.0 cm³/mol. The van der Waals surface area contributed by atoms with Gasteiger partial charge in [-0.2, -0.15) is 5.06 Å². The summed E-state index contributed by atoms with van der Waals surface area (Å²) in [4.78, 5) is 2.05. The van der Waals surface area contributed by atoms with Gasteiger partial charge in [-0.1, -0.05) is 12.1 Å². The lowest BCUT2D eigenvalue weighted by molar-refractivity contribution is -0.0731. The first kappa shape index (κ1) is 10.0. The summed E-state index contributed by atoms with van der Waals surface area (Å²) in [7, 11) is 5.65. The van der Waals surface area contributed by atoms with E-state index in [1.54, 1.807) is 7.05 Å². The van der Waals surface area contributed by atoms with Gasteiger partial charge < -0.3 is 10.1 Å². The minimum absolute atomic E-state index is 0.563. The number of benzene rings is 1. The van der Waals surface area contributed by atoms with Crippen molar-refractivity contribution in [2.45, 2.75) is 6.54 Å². The molecule has 0 bridgehead atoms. The second-order valence-electron chi connectivity index (χ2n) is 3.38. The average Bonchev–Trinajstić information content (AvgIpc) is 2.04. The third-order valence-corrected chi connectivity index (χ3v) is 1.86. The SMILES string of the molecule is CN(O)Cc1ccc(N(C)C)cc1. The summed E-state index contributed by atoms with van der Waals surface area (Å²) >= 11 is 0. The lowest BCUT2D eigenvalue weighted by atomic mass is 10.2. The molecule has 1 rings (SSSR count). The molecule has 0 spiro atoms. The quantitative estimate of drug-likeness (QED) is 0.715. The lowest BCUT2D eigenvalue weighted by Gasteiger charge is -2.13. The number of hydrogen-bond acceptors (Lipinski definition) is 3. The van der Waals surface area contributed by atoms with Gasteiger partial charge in [0.15, 0.2) is 0 Å². The molecule has 3 heteroatoms. The van der Waals surface area contributed by atoms with Gasteiger partial charge in [-0.25, -0.2) is 0 Å². The minimum atomic E-state index is 0.563. The first-order chi connectivity index (χ1) is 6.09. The number of hydrogen-bond donors (Lipinski definition) is 1. The fraction of sp³-hybridized carbons (Fsp3) is 0.400. The fourth-order valence-electron chi connectivity index (χ4n) is 1.16. The molecule has 0 heterocycles. The monoisotopic (exact) mass is 180 g/mol. The molecule has 0 radical (unpaired) electrons. The number of anilines is 1. The van der Waals surface area contributed by atoms with Crippen LogP contribution in [0.3, 0.4) is 0 Å². The van der Waals surface area contributed by atoms with Gasteiger partial charge in [-0.15, -0.1) is 0 Å². The molecule has 3 nitrogen and oxygen atoms in total. The Morgan fingerprint density at radius 1 is 1.08 bits per heavy atom. The zero-order valence-electron chi connectivity index (χ0n) is 8.36. The third kappa shape index (κ3) is 3.05. The summed E-state index contributed by atoms with van der Waals surface area (Å²) in [5.41, 5.74) is 2.28. The van der Waals surface area contributed by atoms with Gasteiger partial charge in [0.25, 0.3) is 0 Å². The van der Waals surface area contributed by atoms with Gasteiger partial charge in [-0.05, 0) is 17.7 Å². The molecule has 0 aliphatic rings. The molecule has 0 aromatic heterocycles. The van der Waals surface area contributed by atoms with E-state index in [0.717, 1.165) is 5.56 Å². The van der Waals surface area contributed by atoms with Crippen LogP contribution in [0.2, 0.25) is 0 Å². The largest absolute Gasteiger partial charge is 0.378 e. The van der Waals surface area contributed by atoms with E-state index in [2.05, 4.69) is 0 Å². The second-order valence-corrected chi connectivity index (χ2v) is 3.38. The molecule has 0 saturated heterocycles. The van der Waals surface area contributed by atoms with Crippen molar-refractivity contribution < 1.29 is 5.21 Å². The molecule has 0 atom stereocenters. The highest BCUT2D eigenvalue weighted by molar-refractivity contribution is 5.45. The number of hydroxylamine groups is 2. The topological polar surface area (TPSA) is 26.7 Å². The van der Waals surface area contributed by atoms with Gasteiger partial charge in [0.1, 0.15) is 0 Å². The van der Waals surface area contributed by atoms with Gasteiger partial charge >= 0.3 is 0 Å². The Kier molecular flexibility index (Phi) is 3.28. The second kappa shape index (κ2) is 4.25. The van der Waals surface area contributed by atoms with E-state index in [-0.39, 0.29) is 0 Å². The van der Waals surface area contributed by atoms with E-state index < -0.39 is 0 Å². The van der Waals surface area contributed by atoms with E-state index in [1.807, 2.05) is 43.3 Å². The maximum absolute atomic E-state index is 9.01. The molecular formula is C10H16N2O. The molecule has 0 saturated carbocycles. The molecule has 0 unspecified atom stereocenters. The predicted octanol–water partition coefficient (Wildman–Crippen LogP) is 1.57. The maximum atomic E-state index is 9.01. The Morgan fingerprint density at radius 3 is 2.00 bits per heavy atom. The van der Waals surface area contributed by atoms with Crippen LogP contribution in [0.5, 0.6) is 0 Å². The Hall–Kier alpha value is -1.06. The van der Waals surface area contributed by atoms with Crippen LogP contribution >= 0.6 is 0 Å². The highest BCUT2D eigenvalue weighted by atomic mass is 16.5. The highest BCUT2D eigenvalue weighted by Gasteiger charge is 1.97. The Morgan fingerprint density at radius 2 is 1.62 bits per heavy atom. The van der Waals surface area contributed by atoms with Crippen molar-refractivity contribution in [2.24, 2.45) is 0 Å². The Balaban J connectivity index is 2.70. The summed E-state index contributed by atoms with van der Waals surface area (Å²) in [5, 5.41) is 10.2. The average molecular weight is 180 g/mol. The van der Waals surface area contributed by atoms with E-state index >= 15 is 0 Å². The van der Waals surface area contributed by atoms with Crippen LogP contribution < -0.4 is 4.90 Å². The van der Waals surface area contributed by atoms with Crippen molar-refractivity contribution in [1.82, 2.24) is 5.06 Å². The minimum Gasteiger partial charge on any atom is -0.378 e. The fourth-order valence-corrected chi connectivity index (χ4v) is 1.16. The first-order valence-corrected chi connectivity index (χ1v) is 4.26. The number of nitrogens with zero attached hydrogens (tertiary/aromatic N) is 2. The third-order valence-electron chi connectivity index (χ3n) is 1.86. The number of rotatable bonds is 3. The van der Waals surface area contributed by atoms with E-state index in [4.69, 9.17) is 5.21 Å². The molecule has 1 N–H and O–H groups in total.